The fourth-order valence-corrected chi connectivity index (χ4v) is 3.05. The highest BCUT2D eigenvalue weighted by atomic mass is 35.5. The van der Waals surface area contributed by atoms with Crippen molar-refractivity contribution in [1.82, 2.24) is 5.32 Å². The highest BCUT2D eigenvalue weighted by Crippen LogP contribution is 2.27. The average Bonchev–Trinajstić information content (AvgIpc) is 2.87. The molecule has 0 saturated heterocycles. The van der Waals surface area contributed by atoms with Crippen molar-refractivity contribution < 1.29 is 0 Å². The lowest BCUT2D eigenvalue weighted by Crippen LogP contribution is -2.22. The molecule has 18 heavy (non-hydrogen) atoms. The zero-order chi connectivity index (χ0) is 13.0. The van der Waals surface area contributed by atoms with Gasteiger partial charge in [-0.15, -0.1) is 0 Å². The Bertz CT molecular complexity index is 497. The molecule has 1 N–H and O–H groups in total. The van der Waals surface area contributed by atoms with E-state index in [2.05, 4.69) is 29.1 Å². The van der Waals surface area contributed by atoms with Gasteiger partial charge in [0.15, 0.2) is 0 Å². The Morgan fingerprint density at radius 1 is 1.28 bits per heavy atom. The van der Waals surface area contributed by atoms with Crippen molar-refractivity contribution in [2.24, 2.45) is 0 Å². The van der Waals surface area contributed by atoms with Gasteiger partial charge in [-0.25, -0.2) is 0 Å². The quantitative estimate of drug-likeness (QED) is 0.824. The number of likely N-dealkylation sites (N-methyl/N-ethyl adjacent to an activating group) is 1. The number of benzene rings is 1. The Hall–Kier alpha value is -0.540. The van der Waals surface area contributed by atoms with Crippen LogP contribution in [0, 0.1) is 0 Å². The molecule has 0 fully saturated rings. The largest absolute Gasteiger partial charge is 0.310 e. The summed E-state index contributed by atoms with van der Waals surface area (Å²) in [5.74, 6) is 0. The van der Waals surface area contributed by atoms with Crippen molar-refractivity contribution in [2.75, 3.05) is 6.54 Å². The van der Waals surface area contributed by atoms with Crippen LogP contribution >= 0.6 is 34.5 Å². The van der Waals surface area contributed by atoms with Gasteiger partial charge in [-0.2, -0.15) is 11.3 Å². The minimum absolute atomic E-state index is 0.289. The van der Waals surface area contributed by atoms with E-state index in [1.165, 1.54) is 5.56 Å². The van der Waals surface area contributed by atoms with Gasteiger partial charge in [-0.1, -0.05) is 30.1 Å². The second kappa shape index (κ2) is 6.58. The molecule has 0 saturated carbocycles. The highest BCUT2D eigenvalue weighted by Gasteiger charge is 2.13. The van der Waals surface area contributed by atoms with Crippen molar-refractivity contribution >= 4 is 34.5 Å². The van der Waals surface area contributed by atoms with E-state index >= 15 is 0 Å². The lowest BCUT2D eigenvalue weighted by Gasteiger charge is -2.17. The van der Waals surface area contributed by atoms with Crippen LogP contribution in [0.2, 0.25) is 10.0 Å². The minimum atomic E-state index is 0.289. The molecule has 1 unspecified atom stereocenters. The van der Waals surface area contributed by atoms with E-state index in [0.717, 1.165) is 28.6 Å². The molecule has 1 aromatic heterocycles. The molecule has 0 aliphatic rings. The van der Waals surface area contributed by atoms with E-state index in [1.54, 1.807) is 11.3 Å². The van der Waals surface area contributed by atoms with Crippen LogP contribution in [0.4, 0.5) is 0 Å². The molecule has 1 nitrogen and oxygen atoms in total. The summed E-state index contributed by atoms with van der Waals surface area (Å²) in [6.45, 7) is 3.04. The molecule has 1 atom stereocenters. The standard InChI is InChI=1S/C14H15Cl2NS/c1-2-17-14(10-5-6-18-9-10)8-11-7-12(15)3-4-13(11)16/h3-7,9,14,17H,2,8H2,1H3. The molecule has 1 aromatic carbocycles. The van der Waals surface area contributed by atoms with Gasteiger partial charge in [0.2, 0.25) is 0 Å². The number of nitrogens with one attached hydrogen (secondary N) is 1. The lowest BCUT2D eigenvalue weighted by molar-refractivity contribution is 0.551. The molecule has 0 aliphatic heterocycles. The number of rotatable bonds is 5. The Morgan fingerprint density at radius 2 is 2.11 bits per heavy atom. The summed E-state index contributed by atoms with van der Waals surface area (Å²) in [6, 6.07) is 8.06. The van der Waals surface area contributed by atoms with E-state index in [-0.39, 0.29) is 6.04 Å². The van der Waals surface area contributed by atoms with Crippen molar-refractivity contribution in [3.8, 4) is 0 Å². The summed E-state index contributed by atoms with van der Waals surface area (Å²) in [4.78, 5) is 0. The van der Waals surface area contributed by atoms with Crippen molar-refractivity contribution in [3.05, 3.63) is 56.2 Å². The van der Waals surface area contributed by atoms with Gasteiger partial charge >= 0.3 is 0 Å². The molecular formula is C14H15Cl2NS. The van der Waals surface area contributed by atoms with Crippen LogP contribution in [0.15, 0.2) is 35.0 Å². The SMILES string of the molecule is CCNC(Cc1cc(Cl)ccc1Cl)c1ccsc1. The molecule has 0 spiro atoms. The van der Waals surface area contributed by atoms with Crippen LogP contribution in [0.25, 0.3) is 0 Å². The fourth-order valence-electron chi connectivity index (χ4n) is 1.95. The van der Waals surface area contributed by atoms with Crippen molar-refractivity contribution in [2.45, 2.75) is 19.4 Å². The van der Waals surface area contributed by atoms with Gasteiger partial charge < -0.3 is 5.32 Å². The van der Waals surface area contributed by atoms with Crippen LogP contribution in [-0.4, -0.2) is 6.54 Å². The smallest absolute Gasteiger partial charge is 0.0439 e. The van der Waals surface area contributed by atoms with Crippen LogP contribution in [0.1, 0.15) is 24.1 Å². The molecule has 2 rings (SSSR count). The topological polar surface area (TPSA) is 12.0 Å². The van der Waals surface area contributed by atoms with E-state index < -0.39 is 0 Å². The summed E-state index contributed by atoms with van der Waals surface area (Å²) >= 11 is 14.0. The fraction of sp³-hybridized carbons (Fsp3) is 0.286. The zero-order valence-corrected chi connectivity index (χ0v) is 12.4. The maximum absolute atomic E-state index is 6.22. The number of thiophene rings is 1. The zero-order valence-electron chi connectivity index (χ0n) is 10.1. The van der Waals surface area contributed by atoms with E-state index in [0.29, 0.717) is 0 Å². The van der Waals surface area contributed by atoms with E-state index in [1.807, 2.05) is 18.2 Å². The van der Waals surface area contributed by atoms with Gasteiger partial charge in [0.25, 0.3) is 0 Å². The molecule has 2 aromatic rings. The summed E-state index contributed by atoms with van der Waals surface area (Å²) in [6.07, 6.45) is 0.851. The molecule has 0 radical (unpaired) electrons. The van der Waals surface area contributed by atoms with Gasteiger partial charge in [-0.3, -0.25) is 0 Å². The minimum Gasteiger partial charge on any atom is -0.310 e. The first kappa shape index (κ1) is 13.9. The average molecular weight is 300 g/mol. The van der Waals surface area contributed by atoms with Crippen LogP contribution in [-0.2, 0) is 6.42 Å². The molecule has 0 aliphatic carbocycles. The lowest BCUT2D eigenvalue weighted by atomic mass is 10.0. The summed E-state index contributed by atoms with van der Waals surface area (Å²) in [5, 5.41) is 9.26. The molecule has 96 valence electrons. The van der Waals surface area contributed by atoms with Crippen LogP contribution in [0.3, 0.4) is 0 Å². The number of hydrogen-bond acceptors (Lipinski definition) is 2. The van der Waals surface area contributed by atoms with Crippen LogP contribution in [0.5, 0.6) is 0 Å². The van der Waals surface area contributed by atoms with Gasteiger partial charge in [-0.05, 0) is 59.1 Å². The predicted octanol–water partition coefficient (Wildman–Crippen LogP) is 4.95. The number of hydrogen-bond donors (Lipinski definition) is 1. The van der Waals surface area contributed by atoms with Gasteiger partial charge in [0, 0.05) is 16.1 Å². The number of halogens is 2. The normalized spacial score (nSPS) is 12.6. The first-order valence-electron chi connectivity index (χ1n) is 5.90. The molecular weight excluding hydrogens is 285 g/mol. The predicted molar refractivity (Wildman–Crippen MR) is 80.9 cm³/mol. The third kappa shape index (κ3) is 3.48. The third-order valence-electron chi connectivity index (χ3n) is 2.83. The molecule has 4 heteroatoms. The molecule has 0 bridgehead atoms. The maximum atomic E-state index is 6.22. The Morgan fingerprint density at radius 3 is 2.78 bits per heavy atom. The second-order valence-corrected chi connectivity index (χ2v) is 5.73. The van der Waals surface area contributed by atoms with Gasteiger partial charge in [0.1, 0.15) is 0 Å². The Labute approximate surface area is 122 Å². The summed E-state index contributed by atoms with van der Waals surface area (Å²) in [5.41, 5.74) is 2.39. The van der Waals surface area contributed by atoms with Crippen molar-refractivity contribution in [1.29, 1.82) is 0 Å². The first-order valence-corrected chi connectivity index (χ1v) is 7.60. The molecule has 1 heterocycles. The van der Waals surface area contributed by atoms with E-state index in [4.69, 9.17) is 23.2 Å². The monoisotopic (exact) mass is 299 g/mol. The molecule has 0 amide bonds. The Kier molecular flexibility index (Phi) is 5.07. The maximum Gasteiger partial charge on any atom is 0.0439 e. The van der Waals surface area contributed by atoms with E-state index in [9.17, 15) is 0 Å². The highest BCUT2D eigenvalue weighted by molar-refractivity contribution is 7.07. The second-order valence-electron chi connectivity index (χ2n) is 4.11. The van der Waals surface area contributed by atoms with Gasteiger partial charge in [0.05, 0.1) is 0 Å². The third-order valence-corrected chi connectivity index (χ3v) is 4.13. The Balaban J connectivity index is 2.21. The summed E-state index contributed by atoms with van der Waals surface area (Å²) in [7, 11) is 0. The van der Waals surface area contributed by atoms with Crippen molar-refractivity contribution in [3.63, 3.8) is 0 Å². The summed E-state index contributed by atoms with van der Waals surface area (Å²) < 4.78 is 0. The van der Waals surface area contributed by atoms with Crippen LogP contribution < -0.4 is 5.32 Å². The first-order chi connectivity index (χ1) is 8.70.